The first-order valence-corrected chi connectivity index (χ1v) is 6.31. The van der Waals surface area contributed by atoms with Crippen molar-refractivity contribution in [3.05, 3.63) is 0 Å². The molecule has 0 bridgehead atoms. The average Bonchev–Trinajstić information content (AvgIpc) is 2.77. The molecule has 5 heteroatoms. The van der Waals surface area contributed by atoms with Gasteiger partial charge in [-0.25, -0.2) is 9.59 Å². The summed E-state index contributed by atoms with van der Waals surface area (Å²) in [4.78, 5) is 22.8. The van der Waals surface area contributed by atoms with Crippen LogP contribution >= 0.6 is 0 Å². The smallest absolute Gasteiger partial charge is 0.326 e. The fourth-order valence-electron chi connectivity index (χ4n) is 1.97. The fraction of sp³-hybridized carbons (Fsp3) is 0.846. The van der Waals surface area contributed by atoms with Gasteiger partial charge in [0, 0.05) is 6.54 Å². The van der Waals surface area contributed by atoms with Gasteiger partial charge >= 0.3 is 12.0 Å². The minimum absolute atomic E-state index is 0.309. The lowest BCUT2D eigenvalue weighted by Gasteiger charge is -2.27. The van der Waals surface area contributed by atoms with Crippen LogP contribution in [0.5, 0.6) is 0 Å². The molecule has 1 fully saturated rings. The molecular formula is C13H24N2O3. The summed E-state index contributed by atoms with van der Waals surface area (Å²) in [7, 11) is 0. The van der Waals surface area contributed by atoms with Crippen molar-refractivity contribution in [2.75, 3.05) is 6.54 Å². The van der Waals surface area contributed by atoms with E-state index >= 15 is 0 Å². The van der Waals surface area contributed by atoms with Gasteiger partial charge in [-0.05, 0) is 23.2 Å². The van der Waals surface area contributed by atoms with Crippen molar-refractivity contribution in [3.63, 3.8) is 0 Å². The number of urea groups is 1. The third-order valence-corrected chi connectivity index (χ3v) is 3.61. The maximum absolute atomic E-state index is 11.7. The molecule has 1 saturated carbocycles. The maximum Gasteiger partial charge on any atom is 0.326 e. The monoisotopic (exact) mass is 256 g/mol. The van der Waals surface area contributed by atoms with Gasteiger partial charge in [-0.15, -0.1) is 0 Å². The van der Waals surface area contributed by atoms with Crippen LogP contribution < -0.4 is 10.6 Å². The zero-order valence-corrected chi connectivity index (χ0v) is 11.8. The highest BCUT2D eigenvalue weighted by Gasteiger charge is 2.45. The van der Waals surface area contributed by atoms with Crippen molar-refractivity contribution in [1.82, 2.24) is 10.6 Å². The first-order chi connectivity index (χ1) is 8.04. The number of carboxylic acid groups (broad SMARTS) is 1. The predicted molar refractivity (Wildman–Crippen MR) is 69.3 cm³/mol. The Morgan fingerprint density at radius 3 is 2.22 bits per heavy atom. The molecule has 2 amide bonds. The third-order valence-electron chi connectivity index (χ3n) is 3.61. The third kappa shape index (κ3) is 3.89. The van der Waals surface area contributed by atoms with E-state index in [1.807, 2.05) is 0 Å². The van der Waals surface area contributed by atoms with Gasteiger partial charge in [0.25, 0.3) is 0 Å². The Hall–Kier alpha value is -1.26. The van der Waals surface area contributed by atoms with E-state index in [4.69, 9.17) is 5.11 Å². The molecule has 0 radical (unpaired) electrons. The molecule has 104 valence electrons. The number of rotatable bonds is 4. The topological polar surface area (TPSA) is 78.4 Å². The van der Waals surface area contributed by atoms with Crippen LogP contribution in [0.3, 0.4) is 0 Å². The van der Waals surface area contributed by atoms with E-state index in [9.17, 15) is 9.59 Å². The normalized spacial score (nSPS) is 23.1. The Kier molecular flexibility index (Phi) is 3.93. The largest absolute Gasteiger partial charge is 0.480 e. The van der Waals surface area contributed by atoms with Crippen molar-refractivity contribution in [2.45, 2.75) is 47.1 Å². The lowest BCUT2D eigenvalue weighted by molar-refractivity contribution is -0.141. The molecule has 1 unspecified atom stereocenters. The molecule has 5 nitrogen and oxygen atoms in total. The molecule has 3 N–H and O–H groups in total. The molecule has 0 aromatic heterocycles. The van der Waals surface area contributed by atoms with Crippen LogP contribution in [0, 0.1) is 16.7 Å². The minimum atomic E-state index is -1.01. The molecule has 1 aliphatic rings. The van der Waals surface area contributed by atoms with E-state index in [1.54, 1.807) is 20.8 Å². The zero-order chi connectivity index (χ0) is 14.1. The zero-order valence-electron chi connectivity index (χ0n) is 11.8. The lowest BCUT2D eigenvalue weighted by atomic mass is 9.87. The molecule has 0 aromatic rings. The van der Waals surface area contributed by atoms with Crippen molar-refractivity contribution in [2.24, 2.45) is 16.7 Å². The fourth-order valence-corrected chi connectivity index (χ4v) is 1.97. The van der Waals surface area contributed by atoms with Crippen LogP contribution in [0.2, 0.25) is 0 Å². The van der Waals surface area contributed by atoms with Gasteiger partial charge in [0.1, 0.15) is 6.04 Å². The van der Waals surface area contributed by atoms with Crippen LogP contribution in [0.25, 0.3) is 0 Å². The Balaban J connectivity index is 2.41. The number of carbonyl (C=O) groups excluding carboxylic acids is 1. The summed E-state index contributed by atoms with van der Waals surface area (Å²) in [5, 5.41) is 14.3. The first-order valence-electron chi connectivity index (χ1n) is 6.31. The van der Waals surface area contributed by atoms with Crippen LogP contribution in [-0.2, 0) is 4.79 Å². The van der Waals surface area contributed by atoms with E-state index in [0.717, 1.165) is 6.42 Å². The highest BCUT2D eigenvalue weighted by atomic mass is 16.4. The molecule has 0 saturated heterocycles. The first kappa shape index (κ1) is 14.8. The van der Waals surface area contributed by atoms with Crippen LogP contribution in [0.1, 0.15) is 41.0 Å². The number of hydrogen-bond donors (Lipinski definition) is 3. The van der Waals surface area contributed by atoms with Gasteiger partial charge in [0.2, 0.25) is 0 Å². The van der Waals surface area contributed by atoms with Gasteiger partial charge < -0.3 is 15.7 Å². The second-order valence-electron chi connectivity index (χ2n) is 6.88. The highest BCUT2D eigenvalue weighted by Crippen LogP contribution is 2.50. The summed E-state index contributed by atoms with van der Waals surface area (Å²) in [5.41, 5.74) is -0.203. The minimum Gasteiger partial charge on any atom is -0.480 e. The summed E-state index contributed by atoms with van der Waals surface area (Å²) in [5.74, 6) is -0.509. The molecule has 18 heavy (non-hydrogen) atoms. The number of amides is 2. The van der Waals surface area contributed by atoms with E-state index in [0.29, 0.717) is 17.9 Å². The summed E-state index contributed by atoms with van der Waals surface area (Å²) < 4.78 is 0. The Morgan fingerprint density at radius 1 is 1.39 bits per heavy atom. The lowest BCUT2D eigenvalue weighted by Crippen LogP contribution is -2.52. The molecule has 0 spiro atoms. The van der Waals surface area contributed by atoms with E-state index < -0.39 is 23.5 Å². The van der Waals surface area contributed by atoms with Crippen molar-refractivity contribution in [3.8, 4) is 0 Å². The summed E-state index contributed by atoms with van der Waals surface area (Å²) in [6.07, 6.45) is 1.11. The second kappa shape index (κ2) is 4.78. The summed E-state index contributed by atoms with van der Waals surface area (Å²) >= 11 is 0. The number of carbonyl (C=O) groups is 2. The number of carboxylic acids is 1. The Labute approximate surface area is 108 Å². The maximum atomic E-state index is 11.7. The van der Waals surface area contributed by atoms with Crippen LogP contribution in [-0.4, -0.2) is 29.7 Å². The Morgan fingerprint density at radius 2 is 1.89 bits per heavy atom. The van der Waals surface area contributed by atoms with Gasteiger partial charge in [-0.1, -0.05) is 34.6 Å². The molecule has 1 aliphatic carbocycles. The summed E-state index contributed by atoms with van der Waals surface area (Å²) in [6, 6.07) is -1.29. The molecule has 0 heterocycles. The molecule has 2 atom stereocenters. The standard InChI is InChI=1S/C13H24N2O3/c1-12(2,3)9(10(16)17)15-11(18)14-7-8-6-13(8,4)5/h8-9H,6-7H2,1-5H3,(H,16,17)(H2,14,15,18)/t8?,9-/m1/s1. The second-order valence-corrected chi connectivity index (χ2v) is 6.88. The quantitative estimate of drug-likeness (QED) is 0.718. The number of aliphatic carboxylic acids is 1. The SMILES string of the molecule is CC1(C)CC1CNC(=O)N[C@H](C(=O)O)C(C)(C)C. The van der Waals surface area contributed by atoms with E-state index in [1.165, 1.54) is 0 Å². The predicted octanol–water partition coefficient (Wildman–Crippen LogP) is 1.83. The van der Waals surface area contributed by atoms with Crippen LogP contribution in [0.4, 0.5) is 4.79 Å². The molecule has 0 aromatic carbocycles. The van der Waals surface area contributed by atoms with E-state index in [-0.39, 0.29) is 0 Å². The Bertz CT molecular complexity index is 345. The highest BCUT2D eigenvalue weighted by molar-refractivity contribution is 5.83. The number of hydrogen-bond acceptors (Lipinski definition) is 2. The molecule has 1 rings (SSSR count). The summed E-state index contributed by atoms with van der Waals surface area (Å²) in [6.45, 7) is 10.3. The van der Waals surface area contributed by atoms with Gasteiger partial charge in [0.05, 0.1) is 0 Å². The van der Waals surface area contributed by atoms with Crippen molar-refractivity contribution < 1.29 is 14.7 Å². The van der Waals surface area contributed by atoms with E-state index in [2.05, 4.69) is 24.5 Å². The average molecular weight is 256 g/mol. The van der Waals surface area contributed by atoms with Crippen LogP contribution in [0.15, 0.2) is 0 Å². The van der Waals surface area contributed by atoms with Gasteiger partial charge in [-0.3, -0.25) is 0 Å². The van der Waals surface area contributed by atoms with Gasteiger partial charge in [0.15, 0.2) is 0 Å². The van der Waals surface area contributed by atoms with Crippen molar-refractivity contribution in [1.29, 1.82) is 0 Å². The van der Waals surface area contributed by atoms with Gasteiger partial charge in [-0.2, -0.15) is 0 Å². The van der Waals surface area contributed by atoms with Crippen molar-refractivity contribution >= 4 is 12.0 Å². The molecular weight excluding hydrogens is 232 g/mol. The molecule has 0 aliphatic heterocycles. The number of nitrogens with one attached hydrogen (secondary N) is 2.